The Morgan fingerprint density at radius 2 is 1.83 bits per heavy atom. The zero-order chi connectivity index (χ0) is 24.9. The molecule has 1 atom stereocenters. The third-order valence-electron chi connectivity index (χ3n) is 5.16. The number of halogens is 1. The van der Waals surface area contributed by atoms with E-state index in [2.05, 4.69) is 5.32 Å². The molecule has 1 aliphatic rings. The Hall–Kier alpha value is -4.49. The molecule has 8 nitrogen and oxygen atoms in total. The molecule has 1 unspecified atom stereocenters. The second kappa shape index (κ2) is 10.2. The van der Waals surface area contributed by atoms with Gasteiger partial charge in [0.15, 0.2) is 0 Å². The molecule has 1 heterocycles. The fraction of sp³-hybridized carbons (Fsp3) is 0.0800. The molecule has 1 saturated heterocycles. The smallest absolute Gasteiger partial charge is 0.269 e. The highest BCUT2D eigenvalue weighted by Crippen LogP contribution is 2.42. The van der Waals surface area contributed by atoms with Crippen LogP contribution in [-0.4, -0.2) is 22.0 Å². The van der Waals surface area contributed by atoms with Gasteiger partial charge in [0.1, 0.15) is 22.5 Å². The molecule has 1 fully saturated rings. The minimum absolute atomic E-state index is 0.105. The van der Waals surface area contributed by atoms with E-state index in [1.807, 2.05) is 6.07 Å². The van der Waals surface area contributed by atoms with Crippen molar-refractivity contribution in [3.05, 3.63) is 111 Å². The Kier molecular flexibility index (Phi) is 6.89. The maximum Gasteiger partial charge on any atom is 0.269 e. The number of nitro benzene ring substituents is 1. The summed E-state index contributed by atoms with van der Waals surface area (Å²) in [5.74, 6) is -1.63. The molecular weight excluding hydrogens is 471 g/mol. The van der Waals surface area contributed by atoms with Gasteiger partial charge in [-0.05, 0) is 48.4 Å². The van der Waals surface area contributed by atoms with E-state index in [0.717, 1.165) is 11.8 Å². The number of non-ortho nitro benzene ring substituents is 1. The van der Waals surface area contributed by atoms with Crippen LogP contribution in [0.3, 0.4) is 0 Å². The van der Waals surface area contributed by atoms with Gasteiger partial charge in [0.05, 0.1) is 10.2 Å². The topological polar surface area (TPSA) is 116 Å². The van der Waals surface area contributed by atoms with Crippen molar-refractivity contribution in [3.8, 4) is 6.07 Å². The number of benzene rings is 3. The molecule has 0 aliphatic carbocycles. The van der Waals surface area contributed by atoms with E-state index >= 15 is 0 Å². The third kappa shape index (κ3) is 5.20. The number of para-hydroxylation sites is 1. The molecule has 10 heteroatoms. The average molecular weight is 489 g/mol. The normalized spacial score (nSPS) is 16.5. The van der Waals surface area contributed by atoms with E-state index in [1.54, 1.807) is 36.4 Å². The van der Waals surface area contributed by atoms with Gasteiger partial charge in [0.25, 0.3) is 11.6 Å². The number of amides is 2. The first-order chi connectivity index (χ1) is 16.9. The summed E-state index contributed by atoms with van der Waals surface area (Å²) in [6.07, 6.45) is 0.130. The fourth-order valence-electron chi connectivity index (χ4n) is 3.54. The summed E-state index contributed by atoms with van der Waals surface area (Å²) in [4.78, 5) is 38.2. The number of carbonyl (C=O) groups is 2. The van der Waals surface area contributed by atoms with E-state index in [4.69, 9.17) is 0 Å². The second-order valence-electron chi connectivity index (χ2n) is 7.50. The Labute approximate surface area is 203 Å². The van der Waals surface area contributed by atoms with Crippen molar-refractivity contribution in [3.63, 3.8) is 0 Å². The molecule has 0 bridgehead atoms. The molecule has 3 aromatic carbocycles. The van der Waals surface area contributed by atoms with Crippen molar-refractivity contribution < 1.29 is 18.9 Å². The molecule has 0 radical (unpaired) electrons. The van der Waals surface area contributed by atoms with Crippen LogP contribution in [0.15, 0.2) is 89.5 Å². The van der Waals surface area contributed by atoms with Crippen molar-refractivity contribution >= 4 is 40.6 Å². The van der Waals surface area contributed by atoms with Crippen molar-refractivity contribution in [1.29, 1.82) is 5.26 Å². The van der Waals surface area contributed by atoms with Crippen LogP contribution in [0.25, 0.3) is 0 Å². The maximum atomic E-state index is 13.5. The van der Waals surface area contributed by atoms with Gasteiger partial charge in [0, 0.05) is 23.5 Å². The number of rotatable bonds is 6. The van der Waals surface area contributed by atoms with Crippen LogP contribution < -0.4 is 10.2 Å². The van der Waals surface area contributed by atoms with E-state index < -0.39 is 27.8 Å². The lowest BCUT2D eigenvalue weighted by Crippen LogP contribution is -2.31. The van der Waals surface area contributed by atoms with Crippen molar-refractivity contribution in [2.24, 2.45) is 0 Å². The SMILES string of the molecule is N#CC(C(=O)Nc1ccccc1)=C1SC(Cc2cccc([N+](=O)[O-])c2)C(=O)N1c1ccc(F)cc1. The second-order valence-corrected chi connectivity index (χ2v) is 8.69. The molecule has 0 saturated carbocycles. The molecule has 2 amide bonds. The molecule has 35 heavy (non-hydrogen) atoms. The highest BCUT2D eigenvalue weighted by atomic mass is 32.2. The summed E-state index contributed by atoms with van der Waals surface area (Å²) in [7, 11) is 0. The van der Waals surface area contributed by atoms with Gasteiger partial charge in [-0.15, -0.1) is 0 Å². The highest BCUT2D eigenvalue weighted by molar-refractivity contribution is 8.05. The van der Waals surface area contributed by atoms with Crippen molar-refractivity contribution in [1.82, 2.24) is 0 Å². The van der Waals surface area contributed by atoms with Gasteiger partial charge >= 0.3 is 0 Å². The Morgan fingerprint density at radius 3 is 2.49 bits per heavy atom. The quantitative estimate of drug-likeness (QED) is 0.231. The van der Waals surface area contributed by atoms with Crippen LogP contribution in [-0.2, 0) is 16.0 Å². The van der Waals surface area contributed by atoms with Crippen LogP contribution in [0.1, 0.15) is 5.56 Å². The van der Waals surface area contributed by atoms with Crippen LogP contribution in [0.4, 0.5) is 21.5 Å². The Bertz CT molecular complexity index is 1370. The number of nitrogens with zero attached hydrogens (tertiary/aromatic N) is 3. The number of anilines is 2. The monoisotopic (exact) mass is 488 g/mol. The first-order valence-corrected chi connectivity index (χ1v) is 11.3. The number of nitro groups is 1. The molecule has 3 aromatic rings. The Morgan fingerprint density at radius 1 is 1.11 bits per heavy atom. The van der Waals surface area contributed by atoms with E-state index in [0.29, 0.717) is 16.9 Å². The van der Waals surface area contributed by atoms with Crippen LogP contribution in [0.2, 0.25) is 0 Å². The lowest BCUT2D eigenvalue weighted by atomic mass is 10.1. The van der Waals surface area contributed by atoms with Crippen molar-refractivity contribution in [2.45, 2.75) is 11.7 Å². The molecular formula is C25H17FN4O4S. The number of nitrogens with one attached hydrogen (secondary N) is 1. The summed E-state index contributed by atoms with van der Waals surface area (Å²) in [6, 6.07) is 21.5. The first kappa shape index (κ1) is 23.7. The summed E-state index contributed by atoms with van der Waals surface area (Å²) in [5.41, 5.74) is 0.932. The Balaban J connectivity index is 1.72. The van der Waals surface area contributed by atoms with Gasteiger partial charge in [-0.1, -0.05) is 42.1 Å². The number of thioether (sulfide) groups is 1. The maximum absolute atomic E-state index is 13.5. The predicted molar refractivity (Wildman–Crippen MR) is 130 cm³/mol. The van der Waals surface area contributed by atoms with Gasteiger partial charge in [-0.2, -0.15) is 5.26 Å². The lowest BCUT2D eigenvalue weighted by molar-refractivity contribution is -0.384. The molecule has 174 valence electrons. The summed E-state index contributed by atoms with van der Waals surface area (Å²) in [5, 5.41) is 23.0. The van der Waals surface area contributed by atoms with Gasteiger partial charge in [-0.25, -0.2) is 4.39 Å². The summed E-state index contributed by atoms with van der Waals surface area (Å²) in [6.45, 7) is 0. The predicted octanol–water partition coefficient (Wildman–Crippen LogP) is 4.80. The minimum Gasteiger partial charge on any atom is -0.321 e. The standard InChI is InChI=1S/C25H17FN4O4S/c26-17-9-11-19(12-10-17)29-24(32)22(14-16-5-4-8-20(13-16)30(33)34)35-25(29)21(15-27)23(31)28-18-6-2-1-3-7-18/h1-13,22H,14H2,(H,28,31). The van der Waals surface area contributed by atoms with Crippen LogP contribution >= 0.6 is 11.8 Å². The lowest BCUT2D eigenvalue weighted by Gasteiger charge is -2.18. The zero-order valence-corrected chi connectivity index (χ0v) is 18.9. The molecule has 4 rings (SSSR count). The minimum atomic E-state index is -0.759. The van der Waals surface area contributed by atoms with E-state index in [-0.39, 0.29) is 22.7 Å². The highest BCUT2D eigenvalue weighted by Gasteiger charge is 2.41. The molecule has 1 N–H and O–H groups in total. The first-order valence-electron chi connectivity index (χ1n) is 10.4. The average Bonchev–Trinajstić information content (AvgIpc) is 3.16. The fourth-order valence-corrected chi connectivity index (χ4v) is 4.85. The number of nitriles is 1. The number of carbonyl (C=O) groups excluding carboxylic acids is 2. The molecule has 1 aliphatic heterocycles. The number of hydrogen-bond acceptors (Lipinski definition) is 6. The van der Waals surface area contributed by atoms with Crippen LogP contribution in [0.5, 0.6) is 0 Å². The van der Waals surface area contributed by atoms with Crippen molar-refractivity contribution in [2.75, 3.05) is 10.2 Å². The van der Waals surface area contributed by atoms with Crippen LogP contribution in [0, 0.1) is 27.3 Å². The molecule has 0 spiro atoms. The largest absolute Gasteiger partial charge is 0.321 e. The molecule has 0 aromatic heterocycles. The summed E-state index contributed by atoms with van der Waals surface area (Å²) < 4.78 is 13.5. The number of hydrogen-bond donors (Lipinski definition) is 1. The van der Waals surface area contributed by atoms with Gasteiger partial charge < -0.3 is 5.32 Å². The summed E-state index contributed by atoms with van der Waals surface area (Å²) >= 11 is 1.02. The third-order valence-corrected chi connectivity index (χ3v) is 6.43. The van der Waals surface area contributed by atoms with Gasteiger partial charge in [-0.3, -0.25) is 24.6 Å². The van der Waals surface area contributed by atoms with E-state index in [9.17, 15) is 29.4 Å². The van der Waals surface area contributed by atoms with E-state index in [1.165, 1.54) is 47.4 Å². The zero-order valence-electron chi connectivity index (χ0n) is 18.1. The van der Waals surface area contributed by atoms with Gasteiger partial charge in [0.2, 0.25) is 5.91 Å².